The van der Waals surface area contributed by atoms with Gasteiger partial charge < -0.3 is 19.1 Å². The van der Waals surface area contributed by atoms with Crippen molar-refractivity contribution < 1.29 is 14.6 Å². The summed E-state index contributed by atoms with van der Waals surface area (Å²) in [4.78, 5) is 13.2. The number of aliphatic hydroxyl groups excluding tert-OH is 1. The van der Waals surface area contributed by atoms with Gasteiger partial charge in [-0.3, -0.25) is 0 Å². The summed E-state index contributed by atoms with van der Waals surface area (Å²) in [7, 11) is 0. The molecular formula is C15H20N4O3S. The standard InChI is InChI=1S/C15H20N4O3S/c1-15(2)21-11-8(5-20)4-9(12(11)22-15)19-7-18-10-13(19)16-6-17-14(10)23-3/h6-9,11-12,20H,4-5H2,1-3H3/t8-,9-,11-,12+/m1/s1. The highest BCUT2D eigenvalue weighted by atomic mass is 32.2. The van der Waals surface area contributed by atoms with Crippen LogP contribution in [0.4, 0.5) is 0 Å². The lowest BCUT2D eigenvalue weighted by Crippen LogP contribution is -2.27. The first-order valence-corrected chi connectivity index (χ1v) is 8.94. The molecule has 0 radical (unpaired) electrons. The number of aromatic nitrogens is 4. The van der Waals surface area contributed by atoms with E-state index in [1.54, 1.807) is 24.4 Å². The third-order valence-electron chi connectivity index (χ3n) is 4.66. The quantitative estimate of drug-likeness (QED) is 0.673. The van der Waals surface area contributed by atoms with E-state index in [1.807, 2.05) is 20.1 Å². The van der Waals surface area contributed by atoms with Gasteiger partial charge in [0.25, 0.3) is 0 Å². The molecular weight excluding hydrogens is 316 g/mol. The lowest BCUT2D eigenvalue weighted by molar-refractivity contribution is -0.161. The second kappa shape index (κ2) is 5.41. The Morgan fingerprint density at radius 2 is 2.09 bits per heavy atom. The van der Waals surface area contributed by atoms with Gasteiger partial charge in [0.05, 0.1) is 18.5 Å². The lowest BCUT2D eigenvalue weighted by Gasteiger charge is -2.23. The zero-order chi connectivity index (χ0) is 16.2. The molecule has 2 aromatic rings. The van der Waals surface area contributed by atoms with Crippen LogP contribution in [-0.2, 0) is 9.47 Å². The smallest absolute Gasteiger partial charge is 0.164 e. The molecule has 2 aromatic heterocycles. The summed E-state index contributed by atoms with van der Waals surface area (Å²) < 4.78 is 14.2. The van der Waals surface area contributed by atoms with E-state index < -0.39 is 5.79 Å². The molecule has 0 unspecified atom stereocenters. The molecule has 0 amide bonds. The molecule has 1 aliphatic carbocycles. The van der Waals surface area contributed by atoms with Crippen LogP contribution < -0.4 is 0 Å². The number of hydrogen-bond donors (Lipinski definition) is 1. The molecule has 1 saturated carbocycles. The van der Waals surface area contributed by atoms with E-state index in [9.17, 15) is 5.11 Å². The summed E-state index contributed by atoms with van der Waals surface area (Å²) in [6.45, 7) is 3.92. The Bertz CT molecular complexity index is 735. The Labute approximate surface area is 138 Å². The van der Waals surface area contributed by atoms with Gasteiger partial charge in [0.15, 0.2) is 11.4 Å². The van der Waals surface area contributed by atoms with Crippen LogP contribution in [-0.4, -0.2) is 55.5 Å². The van der Waals surface area contributed by atoms with Crippen molar-refractivity contribution in [3.63, 3.8) is 0 Å². The number of imidazole rings is 1. The van der Waals surface area contributed by atoms with Crippen LogP contribution in [0.1, 0.15) is 26.3 Å². The Hall–Kier alpha value is -1.22. The molecule has 124 valence electrons. The van der Waals surface area contributed by atoms with Gasteiger partial charge in [-0.15, -0.1) is 11.8 Å². The van der Waals surface area contributed by atoms with Crippen molar-refractivity contribution in [2.24, 2.45) is 5.92 Å². The van der Waals surface area contributed by atoms with E-state index >= 15 is 0 Å². The second-order valence-electron chi connectivity index (χ2n) is 6.52. The van der Waals surface area contributed by atoms with Crippen molar-refractivity contribution in [2.75, 3.05) is 12.9 Å². The molecule has 4 atom stereocenters. The fourth-order valence-electron chi connectivity index (χ4n) is 3.73. The van der Waals surface area contributed by atoms with E-state index in [-0.39, 0.29) is 30.8 Å². The van der Waals surface area contributed by atoms with E-state index in [4.69, 9.17) is 9.47 Å². The second-order valence-corrected chi connectivity index (χ2v) is 7.31. The van der Waals surface area contributed by atoms with E-state index in [0.717, 1.165) is 22.6 Å². The first kappa shape index (κ1) is 15.3. The highest BCUT2D eigenvalue weighted by Crippen LogP contribution is 2.47. The third-order valence-corrected chi connectivity index (χ3v) is 5.35. The molecule has 1 saturated heterocycles. The zero-order valence-electron chi connectivity index (χ0n) is 13.3. The van der Waals surface area contributed by atoms with Gasteiger partial charge in [-0.2, -0.15) is 0 Å². The van der Waals surface area contributed by atoms with Gasteiger partial charge in [0, 0.05) is 12.5 Å². The molecule has 0 bridgehead atoms. The van der Waals surface area contributed by atoms with Crippen molar-refractivity contribution in [3.8, 4) is 0 Å². The minimum Gasteiger partial charge on any atom is -0.396 e. The summed E-state index contributed by atoms with van der Waals surface area (Å²) in [6, 6.07) is 0.0496. The normalized spacial score (nSPS) is 32.5. The molecule has 1 N–H and O–H groups in total. The van der Waals surface area contributed by atoms with Crippen molar-refractivity contribution in [1.82, 2.24) is 19.5 Å². The lowest BCUT2D eigenvalue weighted by atomic mass is 10.1. The van der Waals surface area contributed by atoms with Crippen molar-refractivity contribution >= 4 is 22.9 Å². The van der Waals surface area contributed by atoms with Gasteiger partial charge in [-0.1, -0.05) is 0 Å². The third kappa shape index (κ3) is 2.36. The molecule has 2 aliphatic rings. The number of ether oxygens (including phenoxy) is 2. The number of thioether (sulfide) groups is 1. The maximum atomic E-state index is 9.70. The molecule has 7 nitrogen and oxygen atoms in total. The molecule has 1 aliphatic heterocycles. The van der Waals surface area contributed by atoms with Crippen molar-refractivity contribution in [2.45, 2.75) is 49.3 Å². The van der Waals surface area contributed by atoms with Crippen molar-refractivity contribution in [1.29, 1.82) is 0 Å². The molecule has 4 rings (SSSR count). The van der Waals surface area contributed by atoms with Gasteiger partial charge in [0.2, 0.25) is 0 Å². The highest BCUT2D eigenvalue weighted by Gasteiger charge is 2.54. The predicted octanol–water partition coefficient (Wildman–Crippen LogP) is 1.62. The topological polar surface area (TPSA) is 82.3 Å². The van der Waals surface area contributed by atoms with Crippen LogP contribution in [0.3, 0.4) is 0 Å². The Morgan fingerprint density at radius 1 is 1.30 bits per heavy atom. The molecule has 8 heteroatoms. The molecule has 0 aromatic carbocycles. The minimum atomic E-state index is -0.628. The summed E-state index contributed by atoms with van der Waals surface area (Å²) in [5.41, 5.74) is 1.61. The first-order valence-electron chi connectivity index (χ1n) is 7.72. The van der Waals surface area contributed by atoms with Crippen LogP contribution in [0.15, 0.2) is 17.7 Å². The molecule has 3 heterocycles. The minimum absolute atomic E-state index is 0.0496. The number of aliphatic hydroxyl groups is 1. The van der Waals surface area contributed by atoms with Crippen LogP contribution in [0, 0.1) is 5.92 Å². The summed E-state index contributed by atoms with van der Waals surface area (Å²) in [5, 5.41) is 10.6. The Balaban J connectivity index is 1.76. The number of rotatable bonds is 3. The maximum absolute atomic E-state index is 9.70. The van der Waals surface area contributed by atoms with Gasteiger partial charge in [0.1, 0.15) is 23.0 Å². The van der Waals surface area contributed by atoms with E-state index in [1.165, 1.54) is 0 Å². The summed E-state index contributed by atoms with van der Waals surface area (Å²) in [6.07, 6.45) is 5.93. The number of fused-ring (bicyclic) bond motifs is 2. The Morgan fingerprint density at radius 3 is 2.83 bits per heavy atom. The van der Waals surface area contributed by atoms with Gasteiger partial charge >= 0.3 is 0 Å². The van der Waals surface area contributed by atoms with Crippen LogP contribution in [0.2, 0.25) is 0 Å². The Kier molecular flexibility index (Phi) is 3.60. The number of hydrogen-bond acceptors (Lipinski definition) is 7. The molecule has 2 fully saturated rings. The van der Waals surface area contributed by atoms with Crippen molar-refractivity contribution in [3.05, 3.63) is 12.7 Å². The number of nitrogens with zero attached hydrogens (tertiary/aromatic N) is 4. The zero-order valence-corrected chi connectivity index (χ0v) is 14.2. The molecule has 23 heavy (non-hydrogen) atoms. The largest absolute Gasteiger partial charge is 0.396 e. The van der Waals surface area contributed by atoms with E-state index in [0.29, 0.717) is 0 Å². The monoisotopic (exact) mass is 336 g/mol. The fraction of sp³-hybridized carbons (Fsp3) is 0.667. The average molecular weight is 336 g/mol. The highest BCUT2D eigenvalue weighted by molar-refractivity contribution is 7.98. The van der Waals surface area contributed by atoms with Crippen LogP contribution >= 0.6 is 11.8 Å². The van der Waals surface area contributed by atoms with E-state index in [2.05, 4.69) is 19.5 Å². The van der Waals surface area contributed by atoms with Gasteiger partial charge in [-0.05, 0) is 26.5 Å². The first-order chi connectivity index (χ1) is 11.0. The summed E-state index contributed by atoms with van der Waals surface area (Å²) in [5.74, 6) is -0.567. The van der Waals surface area contributed by atoms with Crippen LogP contribution in [0.5, 0.6) is 0 Å². The predicted molar refractivity (Wildman–Crippen MR) is 85.2 cm³/mol. The maximum Gasteiger partial charge on any atom is 0.164 e. The SMILES string of the molecule is CSc1ncnc2c1ncn2[C@@H]1C[C@H](CO)[C@H]2OC(C)(C)O[C@H]21. The average Bonchev–Trinajstić information content (AvgIpc) is 3.17. The summed E-state index contributed by atoms with van der Waals surface area (Å²) >= 11 is 1.56. The fourth-order valence-corrected chi connectivity index (χ4v) is 4.22. The molecule has 0 spiro atoms. The van der Waals surface area contributed by atoms with Crippen LogP contribution in [0.25, 0.3) is 11.2 Å². The van der Waals surface area contributed by atoms with Gasteiger partial charge in [-0.25, -0.2) is 15.0 Å².